The van der Waals surface area contributed by atoms with E-state index in [0.29, 0.717) is 5.69 Å². The van der Waals surface area contributed by atoms with E-state index in [9.17, 15) is 13.5 Å². The van der Waals surface area contributed by atoms with Gasteiger partial charge in [0.1, 0.15) is 0 Å². The third-order valence-electron chi connectivity index (χ3n) is 2.73. The predicted octanol–water partition coefficient (Wildman–Crippen LogP) is -1.79. The molecular weight excluding hydrogens is 329 g/mol. The molecule has 23 heavy (non-hydrogen) atoms. The molecule has 0 spiro atoms. The quantitative estimate of drug-likeness (QED) is 0.199. The Labute approximate surface area is 156 Å². The number of nitrogens with one attached hydrogen (secondary N) is 2. The molecule has 0 bridgehead atoms. The van der Waals surface area contributed by atoms with Crippen molar-refractivity contribution in [3.63, 3.8) is 0 Å². The molecule has 0 saturated heterocycles. The summed E-state index contributed by atoms with van der Waals surface area (Å²) in [7, 11) is -4.25. The molecule has 0 saturated carbocycles. The fourth-order valence-electron chi connectivity index (χ4n) is 1.60. The van der Waals surface area contributed by atoms with Crippen LogP contribution in [0.3, 0.4) is 0 Å². The monoisotopic (exact) mass is 343 g/mol. The summed E-state index contributed by atoms with van der Waals surface area (Å²) < 4.78 is 30.6. The van der Waals surface area contributed by atoms with E-state index in [4.69, 9.17) is 4.55 Å². The van der Waals surface area contributed by atoms with E-state index in [1.165, 1.54) is 12.1 Å². The standard InChI is InChI=1S/C14H15N3O4S.Na/c1-10-2-4-12(5-3-10)16-17-14(18)15-11-6-8-13(9-7-11)22(19,20)21;/h2-9,16H,1H3,(H2,15,17,18)(H,19,20,21);/q;+1/p-1. The molecule has 0 aliphatic heterocycles. The minimum absolute atomic E-state index is 0. The van der Waals surface area contributed by atoms with E-state index >= 15 is 0 Å². The predicted molar refractivity (Wildman–Crippen MR) is 81.3 cm³/mol. The number of benzene rings is 2. The van der Waals surface area contributed by atoms with Crippen molar-refractivity contribution in [3.8, 4) is 0 Å². The zero-order valence-electron chi connectivity index (χ0n) is 12.6. The molecule has 0 radical (unpaired) electrons. The van der Waals surface area contributed by atoms with Crippen LogP contribution in [-0.2, 0) is 10.1 Å². The molecule has 9 heteroatoms. The average molecular weight is 343 g/mol. The van der Waals surface area contributed by atoms with Crippen molar-refractivity contribution in [2.75, 3.05) is 5.43 Å². The molecule has 0 atom stereocenters. The van der Waals surface area contributed by atoms with Crippen LogP contribution in [0, 0.1) is 6.92 Å². The van der Waals surface area contributed by atoms with Gasteiger partial charge in [-0.05, 0) is 43.3 Å². The minimum atomic E-state index is -4.25. The van der Waals surface area contributed by atoms with Gasteiger partial charge in [-0.1, -0.05) is 17.7 Å². The van der Waals surface area contributed by atoms with E-state index in [2.05, 4.69) is 15.8 Å². The van der Waals surface area contributed by atoms with Crippen molar-refractivity contribution in [1.82, 2.24) is 5.43 Å². The van der Waals surface area contributed by atoms with Gasteiger partial charge in [-0.2, -0.15) is 8.42 Å². The van der Waals surface area contributed by atoms with Gasteiger partial charge in [-0.3, -0.25) is 9.98 Å². The van der Waals surface area contributed by atoms with Crippen LogP contribution in [0.15, 0.2) is 58.4 Å². The molecule has 7 nitrogen and oxygen atoms in total. The van der Waals surface area contributed by atoms with Crippen molar-refractivity contribution < 1.29 is 47.6 Å². The van der Waals surface area contributed by atoms with Gasteiger partial charge in [0.2, 0.25) is 0 Å². The van der Waals surface area contributed by atoms with Gasteiger partial charge < -0.3 is 10.5 Å². The molecular formula is C14H14N3NaO4S. The first-order valence-corrected chi connectivity index (χ1v) is 7.70. The maximum atomic E-state index is 11.6. The Kier molecular flexibility index (Phi) is 7.04. The first kappa shape index (κ1) is 19.5. The second-order valence-corrected chi connectivity index (χ2v) is 5.92. The van der Waals surface area contributed by atoms with Gasteiger partial charge in [0.15, 0.2) is 0 Å². The van der Waals surface area contributed by atoms with Gasteiger partial charge in [0.05, 0.1) is 22.3 Å². The first-order valence-electron chi connectivity index (χ1n) is 6.26. The number of hydrazine groups is 1. The molecule has 0 aliphatic rings. The van der Waals surface area contributed by atoms with Gasteiger partial charge in [-0.15, -0.1) is 0 Å². The number of nitrogens with zero attached hydrogens (tertiary/aromatic N) is 1. The zero-order chi connectivity index (χ0) is 16.2. The Balaban J connectivity index is 0.00000264. The molecule has 2 rings (SSSR count). The van der Waals surface area contributed by atoms with Gasteiger partial charge in [-0.25, -0.2) is 4.99 Å². The summed E-state index contributed by atoms with van der Waals surface area (Å²) in [6, 6.07) is 11.7. The summed E-state index contributed by atoms with van der Waals surface area (Å²) in [5, 5.41) is 11.6. The number of amidine groups is 1. The number of hydrogen-bond donors (Lipinski definition) is 3. The summed E-state index contributed by atoms with van der Waals surface area (Å²) >= 11 is 0. The van der Waals surface area contributed by atoms with Crippen LogP contribution in [0.25, 0.3) is 0 Å². The molecule has 0 aromatic heterocycles. The Morgan fingerprint density at radius 3 is 2.17 bits per heavy atom. The molecule has 0 heterocycles. The second kappa shape index (κ2) is 8.32. The van der Waals surface area contributed by atoms with E-state index in [1.54, 1.807) is 12.1 Å². The molecule has 2 aromatic rings. The van der Waals surface area contributed by atoms with Gasteiger partial charge in [0, 0.05) is 0 Å². The van der Waals surface area contributed by atoms with Crippen LogP contribution in [-0.4, -0.2) is 19.0 Å². The fourth-order valence-corrected chi connectivity index (χ4v) is 2.08. The Bertz CT molecular complexity index is 775. The summed E-state index contributed by atoms with van der Waals surface area (Å²) in [5.41, 5.74) is 7.15. The summed E-state index contributed by atoms with van der Waals surface area (Å²) in [4.78, 5) is 3.47. The molecule has 2 aromatic carbocycles. The third-order valence-corrected chi connectivity index (χ3v) is 3.60. The molecule has 0 unspecified atom stereocenters. The van der Waals surface area contributed by atoms with Crippen LogP contribution in [0.5, 0.6) is 0 Å². The van der Waals surface area contributed by atoms with Crippen molar-refractivity contribution in [1.29, 1.82) is 0 Å². The number of aryl methyl sites for hydroxylation is 1. The van der Waals surface area contributed by atoms with Crippen LogP contribution in [0.4, 0.5) is 11.4 Å². The number of anilines is 1. The SMILES string of the molecule is Cc1ccc(NNC([O-])=Nc2ccc(S(=O)(=O)O)cc2)cc1.[Na+]. The van der Waals surface area contributed by atoms with Crippen molar-refractivity contribution in [2.45, 2.75) is 11.8 Å². The summed E-state index contributed by atoms with van der Waals surface area (Å²) in [6.45, 7) is 1.95. The number of aliphatic imine (C=N–C) groups is 1. The maximum absolute atomic E-state index is 11.6. The molecule has 0 amide bonds. The van der Waals surface area contributed by atoms with E-state index < -0.39 is 16.1 Å². The number of hydrogen-bond acceptors (Lipinski definition) is 5. The molecule has 3 N–H and O–H groups in total. The van der Waals surface area contributed by atoms with Crippen LogP contribution in [0.2, 0.25) is 0 Å². The van der Waals surface area contributed by atoms with Crippen molar-refractivity contribution in [3.05, 3.63) is 54.1 Å². The fraction of sp³-hybridized carbons (Fsp3) is 0.0714. The van der Waals surface area contributed by atoms with Gasteiger partial charge >= 0.3 is 29.6 Å². The Morgan fingerprint density at radius 2 is 1.65 bits per heavy atom. The Hall–Kier alpha value is -1.58. The van der Waals surface area contributed by atoms with Gasteiger partial charge in [0.25, 0.3) is 10.1 Å². The van der Waals surface area contributed by atoms with E-state index in [0.717, 1.165) is 17.7 Å². The van der Waals surface area contributed by atoms with Crippen LogP contribution < -0.4 is 45.5 Å². The van der Waals surface area contributed by atoms with Crippen LogP contribution in [0.1, 0.15) is 5.56 Å². The number of rotatable bonds is 4. The van der Waals surface area contributed by atoms with Crippen molar-refractivity contribution >= 4 is 27.5 Å². The second-order valence-electron chi connectivity index (χ2n) is 4.50. The molecule has 116 valence electrons. The third kappa shape index (κ3) is 6.20. The topological polar surface area (TPSA) is 114 Å². The van der Waals surface area contributed by atoms with E-state index in [-0.39, 0.29) is 40.1 Å². The first-order chi connectivity index (χ1) is 10.3. The average Bonchev–Trinajstić information content (AvgIpc) is 2.46. The summed E-state index contributed by atoms with van der Waals surface area (Å²) in [5.74, 6) is 0. The summed E-state index contributed by atoms with van der Waals surface area (Å²) in [6.07, 6.45) is 0. The smallest absolute Gasteiger partial charge is 0.845 e. The molecule has 0 fully saturated rings. The zero-order valence-corrected chi connectivity index (χ0v) is 15.5. The molecule has 0 aliphatic carbocycles. The normalized spacial score (nSPS) is 11.5. The minimum Gasteiger partial charge on any atom is -0.845 e. The van der Waals surface area contributed by atoms with Crippen LogP contribution >= 0.6 is 0 Å². The van der Waals surface area contributed by atoms with E-state index in [1.807, 2.05) is 19.1 Å². The van der Waals surface area contributed by atoms with Crippen molar-refractivity contribution in [2.24, 2.45) is 4.99 Å². The Morgan fingerprint density at radius 1 is 1.09 bits per heavy atom. The largest absolute Gasteiger partial charge is 1.00 e. The maximum Gasteiger partial charge on any atom is 1.00 e.